The average Bonchev–Trinajstić information content (AvgIpc) is 2.18. The van der Waals surface area contributed by atoms with Gasteiger partial charge in [0.25, 0.3) is 5.56 Å². The van der Waals surface area contributed by atoms with Crippen LogP contribution in [-0.2, 0) is 0 Å². The summed E-state index contributed by atoms with van der Waals surface area (Å²) in [5.74, 6) is 6.19. The summed E-state index contributed by atoms with van der Waals surface area (Å²) in [7, 11) is 0. The van der Waals surface area contributed by atoms with Gasteiger partial charge in [-0.1, -0.05) is 0 Å². The van der Waals surface area contributed by atoms with Gasteiger partial charge >= 0.3 is 0 Å². The van der Waals surface area contributed by atoms with Crippen LogP contribution >= 0.6 is 15.9 Å². The van der Waals surface area contributed by atoms with Crippen LogP contribution in [0.1, 0.15) is 5.82 Å². The molecule has 2 rings (SSSR count). The summed E-state index contributed by atoms with van der Waals surface area (Å²) < 4.78 is 0.527. The number of nitrogens with zero attached hydrogens (tertiary/aromatic N) is 2. The Morgan fingerprint density at radius 3 is 2.93 bits per heavy atom. The summed E-state index contributed by atoms with van der Waals surface area (Å²) in [6.45, 7) is 1.70. The Kier molecular flexibility index (Phi) is 2.41. The summed E-state index contributed by atoms with van der Waals surface area (Å²) in [5, 5.41) is 0.440. The molecule has 0 fully saturated rings. The van der Waals surface area contributed by atoms with Crippen molar-refractivity contribution < 1.29 is 0 Å². The number of anilines is 1. The lowest BCUT2D eigenvalue weighted by Gasteiger charge is -2.04. The molecule has 0 amide bonds. The number of nitrogens with one attached hydrogen (secondary N) is 2. The molecule has 0 aromatic carbocycles. The van der Waals surface area contributed by atoms with E-state index in [1.165, 1.54) is 0 Å². The van der Waals surface area contributed by atoms with Crippen LogP contribution in [0.15, 0.2) is 15.5 Å². The highest BCUT2D eigenvalue weighted by molar-refractivity contribution is 9.10. The van der Waals surface area contributed by atoms with E-state index in [0.717, 1.165) is 0 Å². The molecule has 0 aliphatic carbocycles. The maximum absolute atomic E-state index is 11.6. The quantitative estimate of drug-likeness (QED) is 0.402. The summed E-state index contributed by atoms with van der Waals surface area (Å²) in [4.78, 5) is 22.4. The van der Waals surface area contributed by atoms with Crippen LogP contribution in [0.4, 0.5) is 5.82 Å². The Labute approximate surface area is 93.0 Å². The second-order valence-electron chi connectivity index (χ2n) is 2.99. The van der Waals surface area contributed by atoms with Crippen molar-refractivity contribution in [3.05, 3.63) is 26.8 Å². The molecule has 2 aromatic rings. The first-order valence-electron chi connectivity index (χ1n) is 4.15. The number of halogens is 1. The summed E-state index contributed by atoms with van der Waals surface area (Å²) in [6, 6.07) is 1.60. The molecule has 0 aliphatic rings. The topological polar surface area (TPSA) is 96.7 Å². The van der Waals surface area contributed by atoms with Gasteiger partial charge in [0.2, 0.25) is 0 Å². The molecular weight excluding hydrogens is 262 g/mol. The number of hydrazine groups is 1. The van der Waals surface area contributed by atoms with Crippen molar-refractivity contribution in [3.63, 3.8) is 0 Å². The highest BCUT2D eigenvalue weighted by Gasteiger charge is 2.08. The Hall–Kier alpha value is -1.47. The van der Waals surface area contributed by atoms with Gasteiger partial charge in [-0.2, -0.15) is 0 Å². The predicted octanol–water partition coefficient (Wildman–Crippen LogP) is 0.675. The Morgan fingerprint density at radius 1 is 1.53 bits per heavy atom. The van der Waals surface area contributed by atoms with Gasteiger partial charge in [0.1, 0.15) is 15.9 Å². The predicted molar refractivity (Wildman–Crippen MR) is 60.4 cm³/mol. The second-order valence-corrected chi connectivity index (χ2v) is 3.80. The van der Waals surface area contributed by atoms with Gasteiger partial charge in [-0.25, -0.2) is 15.8 Å². The number of nitrogen functional groups attached to an aromatic ring is 1. The minimum atomic E-state index is -0.211. The number of pyridine rings is 1. The van der Waals surface area contributed by atoms with E-state index >= 15 is 0 Å². The zero-order chi connectivity index (χ0) is 11.0. The molecule has 0 aliphatic heterocycles. The van der Waals surface area contributed by atoms with Crippen LogP contribution in [0.25, 0.3) is 10.9 Å². The van der Waals surface area contributed by atoms with Crippen LogP contribution in [0.2, 0.25) is 0 Å². The van der Waals surface area contributed by atoms with Crippen molar-refractivity contribution in [3.8, 4) is 0 Å². The normalized spacial score (nSPS) is 10.6. The first kappa shape index (κ1) is 10.1. The first-order valence-corrected chi connectivity index (χ1v) is 4.95. The molecule has 0 radical (unpaired) electrons. The van der Waals surface area contributed by atoms with Crippen LogP contribution in [0.3, 0.4) is 0 Å². The fourth-order valence-electron chi connectivity index (χ4n) is 1.32. The highest BCUT2D eigenvalue weighted by Crippen LogP contribution is 2.19. The lowest BCUT2D eigenvalue weighted by atomic mass is 10.3. The van der Waals surface area contributed by atoms with Gasteiger partial charge in [-0.05, 0) is 28.9 Å². The van der Waals surface area contributed by atoms with E-state index in [9.17, 15) is 4.79 Å². The molecule has 0 spiro atoms. The van der Waals surface area contributed by atoms with Gasteiger partial charge in [0, 0.05) is 0 Å². The van der Waals surface area contributed by atoms with Crippen molar-refractivity contribution in [1.82, 2.24) is 15.0 Å². The number of hydrogen-bond acceptors (Lipinski definition) is 5. The number of aromatic nitrogens is 3. The van der Waals surface area contributed by atoms with Crippen molar-refractivity contribution in [2.75, 3.05) is 5.43 Å². The SMILES string of the molecule is Cc1nc2c(NN)nc(Br)cc2c(=O)[nH]1. The molecule has 6 nitrogen and oxygen atoms in total. The number of nitrogens with two attached hydrogens (primary N) is 1. The number of rotatable bonds is 1. The molecule has 78 valence electrons. The standard InChI is InChI=1S/C8H8BrN5O/c1-3-11-6-4(8(15)12-3)2-5(9)13-7(6)14-10/h2H,10H2,1H3,(H,13,14)(H,11,12,15). The molecule has 2 aromatic heterocycles. The molecule has 0 unspecified atom stereocenters. The van der Waals surface area contributed by atoms with E-state index in [-0.39, 0.29) is 5.56 Å². The fourth-order valence-corrected chi connectivity index (χ4v) is 1.73. The molecule has 15 heavy (non-hydrogen) atoms. The molecule has 0 atom stereocenters. The lowest BCUT2D eigenvalue weighted by molar-refractivity contribution is 1.05. The third-order valence-electron chi connectivity index (χ3n) is 1.92. The van der Waals surface area contributed by atoms with E-state index < -0.39 is 0 Å². The zero-order valence-electron chi connectivity index (χ0n) is 7.84. The smallest absolute Gasteiger partial charge is 0.258 e. The Bertz CT molecular complexity index is 579. The monoisotopic (exact) mass is 269 g/mol. The fraction of sp³-hybridized carbons (Fsp3) is 0.125. The first-order chi connectivity index (χ1) is 7.11. The molecule has 0 saturated heterocycles. The summed E-state index contributed by atoms with van der Waals surface area (Å²) in [6.07, 6.45) is 0. The van der Waals surface area contributed by atoms with Crippen molar-refractivity contribution in [2.45, 2.75) is 6.92 Å². The minimum absolute atomic E-state index is 0.211. The third kappa shape index (κ3) is 1.71. The van der Waals surface area contributed by atoms with Gasteiger partial charge in [0.15, 0.2) is 5.82 Å². The van der Waals surface area contributed by atoms with E-state index in [1.54, 1.807) is 13.0 Å². The van der Waals surface area contributed by atoms with Crippen LogP contribution in [0.5, 0.6) is 0 Å². The number of hydrogen-bond donors (Lipinski definition) is 3. The molecule has 0 saturated carbocycles. The molecule has 4 N–H and O–H groups in total. The van der Waals surface area contributed by atoms with Crippen molar-refractivity contribution in [2.24, 2.45) is 5.84 Å². The Balaban J connectivity index is 2.96. The van der Waals surface area contributed by atoms with E-state index in [1.807, 2.05) is 0 Å². The van der Waals surface area contributed by atoms with Gasteiger partial charge < -0.3 is 10.4 Å². The third-order valence-corrected chi connectivity index (χ3v) is 2.32. The highest BCUT2D eigenvalue weighted by atomic mass is 79.9. The lowest BCUT2D eigenvalue weighted by Crippen LogP contribution is -2.15. The van der Waals surface area contributed by atoms with E-state index in [4.69, 9.17) is 5.84 Å². The van der Waals surface area contributed by atoms with E-state index in [2.05, 4.69) is 36.3 Å². The largest absolute Gasteiger partial charge is 0.310 e. The van der Waals surface area contributed by atoms with Gasteiger partial charge in [-0.15, -0.1) is 0 Å². The van der Waals surface area contributed by atoms with Crippen molar-refractivity contribution >= 4 is 32.7 Å². The van der Waals surface area contributed by atoms with Crippen molar-refractivity contribution in [1.29, 1.82) is 0 Å². The zero-order valence-corrected chi connectivity index (χ0v) is 9.42. The number of fused-ring (bicyclic) bond motifs is 1. The molecule has 7 heteroatoms. The van der Waals surface area contributed by atoms with Crippen LogP contribution in [-0.4, -0.2) is 15.0 Å². The average molecular weight is 270 g/mol. The maximum Gasteiger partial charge on any atom is 0.258 e. The number of aryl methyl sites for hydroxylation is 1. The van der Waals surface area contributed by atoms with Crippen LogP contribution < -0.4 is 16.8 Å². The molecular formula is C8H8BrN5O. The maximum atomic E-state index is 11.6. The van der Waals surface area contributed by atoms with Gasteiger partial charge in [0.05, 0.1) is 5.39 Å². The van der Waals surface area contributed by atoms with Gasteiger partial charge in [-0.3, -0.25) is 4.79 Å². The number of H-pyrrole nitrogens is 1. The second kappa shape index (κ2) is 3.59. The van der Waals surface area contributed by atoms with Crippen LogP contribution in [0, 0.1) is 6.92 Å². The minimum Gasteiger partial charge on any atom is -0.310 e. The summed E-state index contributed by atoms with van der Waals surface area (Å²) in [5.41, 5.74) is 2.66. The molecule has 2 heterocycles. The Morgan fingerprint density at radius 2 is 2.27 bits per heavy atom. The summed E-state index contributed by atoms with van der Waals surface area (Å²) >= 11 is 3.19. The van der Waals surface area contributed by atoms with E-state index in [0.29, 0.717) is 27.1 Å². The number of aromatic amines is 1. The molecule has 0 bridgehead atoms.